The molecule has 1 heterocycles. The lowest BCUT2D eigenvalue weighted by Gasteiger charge is -2.34. The van der Waals surface area contributed by atoms with Crippen molar-refractivity contribution in [2.75, 3.05) is 0 Å². The molecule has 1 aliphatic heterocycles. The van der Waals surface area contributed by atoms with Gasteiger partial charge in [0, 0.05) is 30.0 Å². The van der Waals surface area contributed by atoms with Gasteiger partial charge in [-0.05, 0) is 47.7 Å². The first kappa shape index (κ1) is 16.5. The van der Waals surface area contributed by atoms with Crippen LogP contribution in [0.1, 0.15) is 42.2 Å². The second-order valence-corrected chi connectivity index (χ2v) is 6.87. The van der Waals surface area contributed by atoms with Gasteiger partial charge in [0.1, 0.15) is 11.6 Å². The van der Waals surface area contributed by atoms with Crippen molar-refractivity contribution >= 4 is 11.7 Å². The lowest BCUT2D eigenvalue weighted by molar-refractivity contribution is -0.122. The van der Waals surface area contributed by atoms with E-state index in [1.807, 2.05) is 6.07 Å². The summed E-state index contributed by atoms with van der Waals surface area (Å²) in [4.78, 5) is 25.1. The molecule has 2 aliphatic rings. The minimum atomic E-state index is -0.340. The number of Topliss-reactive ketones (excluding diaryl/α,β-unsaturated/α-hetero) is 1. The van der Waals surface area contributed by atoms with E-state index in [2.05, 4.69) is 5.32 Å². The minimum Gasteiger partial charge on any atom is -0.508 e. The molecule has 0 unspecified atom stereocenters. The van der Waals surface area contributed by atoms with Gasteiger partial charge >= 0.3 is 0 Å². The van der Waals surface area contributed by atoms with E-state index in [-0.39, 0.29) is 41.5 Å². The van der Waals surface area contributed by atoms with E-state index in [0.29, 0.717) is 24.1 Å². The average molecular weight is 351 g/mol. The van der Waals surface area contributed by atoms with Crippen LogP contribution in [0.4, 0.5) is 4.39 Å². The van der Waals surface area contributed by atoms with E-state index in [0.717, 1.165) is 11.1 Å². The molecule has 2 aromatic rings. The predicted octanol–water partition coefficient (Wildman–Crippen LogP) is 3.54. The number of ketones is 1. The maximum absolute atomic E-state index is 13.2. The van der Waals surface area contributed by atoms with Crippen molar-refractivity contribution < 1.29 is 19.1 Å². The molecular weight excluding hydrogens is 333 g/mol. The number of nitrogens with one attached hydrogen (secondary N) is 1. The Balaban J connectivity index is 1.71. The average Bonchev–Trinajstić information content (AvgIpc) is 2.61. The van der Waals surface area contributed by atoms with Crippen LogP contribution in [-0.2, 0) is 9.59 Å². The third-order valence-corrected chi connectivity index (χ3v) is 5.15. The molecule has 0 saturated heterocycles. The highest BCUT2D eigenvalue weighted by molar-refractivity contribution is 6.02. The lowest BCUT2D eigenvalue weighted by atomic mass is 9.73. The Hall–Kier alpha value is -2.95. The molecule has 0 bridgehead atoms. The molecule has 0 saturated carbocycles. The van der Waals surface area contributed by atoms with Gasteiger partial charge in [-0.3, -0.25) is 9.59 Å². The number of hydrogen-bond donors (Lipinski definition) is 2. The molecule has 0 radical (unpaired) electrons. The quantitative estimate of drug-likeness (QED) is 0.870. The maximum Gasteiger partial charge on any atom is 0.225 e. The molecule has 2 N–H and O–H groups in total. The first-order valence-corrected chi connectivity index (χ1v) is 8.62. The van der Waals surface area contributed by atoms with Crippen LogP contribution in [0.5, 0.6) is 5.75 Å². The molecule has 0 aromatic heterocycles. The summed E-state index contributed by atoms with van der Waals surface area (Å²) in [6.07, 6.45) is 1.05. The standard InChI is InChI=1S/C21H18FNO3/c22-15-6-4-12(5-7-15)14-9-18-21(19(25)10-14)17(11-20(26)23-18)13-2-1-3-16(24)8-13/h1-8,14,17,24H,9-11H2,(H,23,26)/t14-,17+/m1/s1. The minimum absolute atomic E-state index is 0.00563. The molecular formula is C21H18FNO3. The van der Waals surface area contributed by atoms with Crippen LogP contribution in [-0.4, -0.2) is 16.8 Å². The van der Waals surface area contributed by atoms with Gasteiger partial charge in [-0.25, -0.2) is 4.39 Å². The summed E-state index contributed by atoms with van der Waals surface area (Å²) in [6, 6.07) is 12.9. The molecule has 4 nitrogen and oxygen atoms in total. The zero-order chi connectivity index (χ0) is 18.3. The molecule has 1 amide bonds. The largest absolute Gasteiger partial charge is 0.508 e. The Bertz CT molecular complexity index is 917. The Labute approximate surface area is 150 Å². The number of halogens is 1. The Morgan fingerprint density at radius 2 is 1.73 bits per heavy atom. The van der Waals surface area contributed by atoms with E-state index >= 15 is 0 Å². The fourth-order valence-electron chi connectivity index (χ4n) is 3.96. The molecule has 0 spiro atoms. The highest BCUT2D eigenvalue weighted by Crippen LogP contribution is 2.42. The summed E-state index contributed by atoms with van der Waals surface area (Å²) in [5.74, 6) is -0.759. The highest BCUT2D eigenvalue weighted by Gasteiger charge is 2.38. The molecule has 132 valence electrons. The van der Waals surface area contributed by atoms with Crippen LogP contribution in [0.25, 0.3) is 0 Å². The van der Waals surface area contributed by atoms with E-state index < -0.39 is 0 Å². The maximum atomic E-state index is 13.2. The number of carbonyl (C=O) groups excluding carboxylic acids is 2. The molecule has 5 heteroatoms. The van der Waals surface area contributed by atoms with Crippen LogP contribution in [0.15, 0.2) is 59.8 Å². The summed E-state index contributed by atoms with van der Waals surface area (Å²) in [5, 5.41) is 12.6. The third kappa shape index (κ3) is 3.01. The van der Waals surface area contributed by atoms with Gasteiger partial charge in [0.05, 0.1) is 0 Å². The van der Waals surface area contributed by atoms with Crippen LogP contribution in [0.2, 0.25) is 0 Å². The monoisotopic (exact) mass is 351 g/mol. The first-order valence-electron chi connectivity index (χ1n) is 8.62. The van der Waals surface area contributed by atoms with Crippen molar-refractivity contribution in [1.82, 2.24) is 5.32 Å². The number of benzene rings is 2. The van der Waals surface area contributed by atoms with Crippen molar-refractivity contribution in [2.24, 2.45) is 0 Å². The summed E-state index contributed by atoms with van der Waals surface area (Å²) in [7, 11) is 0. The second kappa shape index (κ2) is 6.41. The predicted molar refractivity (Wildman–Crippen MR) is 94.0 cm³/mol. The smallest absolute Gasteiger partial charge is 0.225 e. The molecule has 26 heavy (non-hydrogen) atoms. The summed E-state index contributed by atoms with van der Waals surface area (Å²) in [6.45, 7) is 0. The first-order chi connectivity index (χ1) is 12.5. The van der Waals surface area contributed by atoms with Crippen molar-refractivity contribution in [3.8, 4) is 5.75 Å². The van der Waals surface area contributed by atoms with E-state index in [9.17, 15) is 19.1 Å². The third-order valence-electron chi connectivity index (χ3n) is 5.15. The van der Waals surface area contributed by atoms with Crippen LogP contribution in [0.3, 0.4) is 0 Å². The van der Waals surface area contributed by atoms with Gasteiger partial charge in [-0.1, -0.05) is 24.3 Å². The number of rotatable bonds is 2. The van der Waals surface area contributed by atoms with E-state index in [1.54, 1.807) is 30.3 Å². The zero-order valence-electron chi connectivity index (χ0n) is 14.0. The van der Waals surface area contributed by atoms with Gasteiger partial charge in [-0.2, -0.15) is 0 Å². The van der Waals surface area contributed by atoms with Crippen molar-refractivity contribution in [3.63, 3.8) is 0 Å². The van der Waals surface area contributed by atoms with Gasteiger partial charge in [-0.15, -0.1) is 0 Å². The van der Waals surface area contributed by atoms with Gasteiger partial charge in [0.15, 0.2) is 5.78 Å². The summed E-state index contributed by atoms with van der Waals surface area (Å²) < 4.78 is 13.2. The number of carbonyl (C=O) groups is 2. The molecule has 1 aliphatic carbocycles. The second-order valence-electron chi connectivity index (χ2n) is 6.87. The number of aromatic hydroxyl groups is 1. The van der Waals surface area contributed by atoms with Crippen LogP contribution < -0.4 is 5.32 Å². The Kier molecular flexibility index (Phi) is 4.07. The topological polar surface area (TPSA) is 66.4 Å². The summed E-state index contributed by atoms with van der Waals surface area (Å²) in [5.41, 5.74) is 2.94. The normalized spacial score (nSPS) is 22.8. The molecule has 0 fully saturated rings. The fourth-order valence-corrected chi connectivity index (χ4v) is 3.96. The highest BCUT2D eigenvalue weighted by atomic mass is 19.1. The van der Waals surface area contributed by atoms with Gasteiger partial charge in [0.25, 0.3) is 0 Å². The number of amides is 1. The fraction of sp³-hybridized carbons (Fsp3) is 0.238. The molecule has 2 aromatic carbocycles. The number of hydrogen-bond acceptors (Lipinski definition) is 3. The van der Waals surface area contributed by atoms with Gasteiger partial charge in [0.2, 0.25) is 5.91 Å². The van der Waals surface area contributed by atoms with E-state index in [4.69, 9.17) is 0 Å². The Morgan fingerprint density at radius 3 is 2.46 bits per heavy atom. The van der Waals surface area contributed by atoms with Crippen molar-refractivity contribution in [1.29, 1.82) is 0 Å². The van der Waals surface area contributed by atoms with Crippen LogP contribution >= 0.6 is 0 Å². The summed E-state index contributed by atoms with van der Waals surface area (Å²) >= 11 is 0. The SMILES string of the molecule is O=C1C[C@@H](c2cccc(O)c2)C2=C(C[C@@H](c3ccc(F)cc3)CC2=O)N1. The zero-order valence-corrected chi connectivity index (χ0v) is 14.0. The number of allylic oxidation sites excluding steroid dienone is 2. The van der Waals surface area contributed by atoms with Crippen LogP contribution in [0, 0.1) is 5.82 Å². The van der Waals surface area contributed by atoms with Gasteiger partial charge < -0.3 is 10.4 Å². The number of phenols is 1. The Morgan fingerprint density at radius 1 is 0.962 bits per heavy atom. The number of phenolic OH excluding ortho intramolecular Hbond substituents is 1. The molecule has 4 rings (SSSR count). The van der Waals surface area contributed by atoms with Crippen molar-refractivity contribution in [2.45, 2.75) is 31.1 Å². The van der Waals surface area contributed by atoms with Crippen molar-refractivity contribution in [3.05, 3.63) is 76.7 Å². The lowest BCUT2D eigenvalue weighted by Crippen LogP contribution is -2.38. The molecule has 2 atom stereocenters. The van der Waals surface area contributed by atoms with E-state index in [1.165, 1.54) is 12.1 Å².